The van der Waals surface area contributed by atoms with E-state index < -0.39 is 14.0 Å². The second kappa shape index (κ2) is 7.35. The molecule has 27 heavy (non-hydrogen) atoms. The van der Waals surface area contributed by atoms with Crippen molar-refractivity contribution >= 4 is 32.7 Å². The van der Waals surface area contributed by atoms with Crippen LogP contribution < -0.4 is 16.0 Å². The molecular formula is C14H22BN6O5P. The maximum absolute atomic E-state index is 8.70. The summed E-state index contributed by atoms with van der Waals surface area (Å²) in [7, 11) is 0.584. The molecule has 0 aliphatic carbocycles. The Balaban J connectivity index is 1.52. The van der Waals surface area contributed by atoms with Crippen LogP contribution in [0.3, 0.4) is 0 Å². The Morgan fingerprint density at radius 2 is 2.41 bits per heavy atom. The van der Waals surface area contributed by atoms with Crippen molar-refractivity contribution in [3.8, 4) is 6.07 Å². The van der Waals surface area contributed by atoms with Gasteiger partial charge in [-0.05, 0) is 0 Å². The van der Waals surface area contributed by atoms with Crippen LogP contribution in [0.5, 0.6) is 0 Å². The van der Waals surface area contributed by atoms with E-state index in [0.717, 1.165) is 0 Å². The molecule has 1 aromatic rings. The quantitative estimate of drug-likeness (QED) is 0.374. The van der Waals surface area contributed by atoms with Gasteiger partial charge < -0.3 is 0 Å². The van der Waals surface area contributed by atoms with Gasteiger partial charge in [0.05, 0.1) is 0 Å². The van der Waals surface area contributed by atoms with Gasteiger partial charge in [-0.25, -0.2) is 0 Å². The number of nitrogens with two attached hydrogens (primary N) is 1. The number of nitriles is 1. The molecule has 1 aromatic heterocycles. The number of hydrogen-bond acceptors (Lipinski definition) is 11. The van der Waals surface area contributed by atoms with Crippen molar-refractivity contribution in [3.05, 3.63) is 6.33 Å². The number of aromatic nitrogens is 2. The molecule has 4 rings (SSSR count). The van der Waals surface area contributed by atoms with Crippen molar-refractivity contribution in [2.45, 2.75) is 31.0 Å². The van der Waals surface area contributed by atoms with Crippen molar-refractivity contribution < 1.29 is 23.0 Å². The summed E-state index contributed by atoms with van der Waals surface area (Å²) in [4.78, 5) is 10.3. The van der Waals surface area contributed by atoms with E-state index in [4.69, 9.17) is 34.0 Å². The number of nitrogen functional groups attached to an aromatic ring is 1. The molecule has 0 bridgehead atoms. The van der Waals surface area contributed by atoms with E-state index in [-0.39, 0.29) is 31.3 Å². The number of nitrogens with one attached hydrogen (secondary N) is 1. The summed E-state index contributed by atoms with van der Waals surface area (Å²) >= 11 is 0. The van der Waals surface area contributed by atoms with Crippen LogP contribution in [0.2, 0.25) is 0 Å². The summed E-state index contributed by atoms with van der Waals surface area (Å²) in [6.07, 6.45) is 0.290. The standard InChI is InChI=1S/C14H22BN6O5P/c1-22-11-10-8(5-24-27(15,26-10)23-4-2-3-16)25-14(11)21-7-20-9-12(17)18-6-19-13(9)21/h6,8,10-11,14,20,27H,2,4-5,7,15H2,1H3,(H2,17,18,19)/t8-,10-,11?,14?/m1/s1. The molecule has 0 amide bonds. The van der Waals surface area contributed by atoms with Gasteiger partial charge in [0.2, 0.25) is 0 Å². The van der Waals surface area contributed by atoms with Gasteiger partial charge >= 0.3 is 157 Å². The average Bonchev–Trinajstić information content (AvgIpc) is 3.23. The van der Waals surface area contributed by atoms with Crippen LogP contribution in [-0.2, 0) is 23.0 Å². The first-order valence-corrected chi connectivity index (χ1v) is 10.9. The summed E-state index contributed by atoms with van der Waals surface area (Å²) in [5.41, 5.74) is 6.60. The van der Waals surface area contributed by atoms with Crippen molar-refractivity contribution in [2.24, 2.45) is 0 Å². The number of ether oxygens (including phenoxy) is 2. The van der Waals surface area contributed by atoms with Gasteiger partial charge in [0.15, 0.2) is 0 Å². The first kappa shape index (κ1) is 18.6. The van der Waals surface area contributed by atoms with Crippen molar-refractivity contribution in [1.82, 2.24) is 9.97 Å². The zero-order valence-corrected chi connectivity index (χ0v) is 16.1. The van der Waals surface area contributed by atoms with Crippen molar-refractivity contribution in [1.29, 1.82) is 5.26 Å². The summed E-state index contributed by atoms with van der Waals surface area (Å²) in [5, 5.41) is 11.9. The van der Waals surface area contributed by atoms with E-state index in [1.807, 2.05) is 18.5 Å². The van der Waals surface area contributed by atoms with Gasteiger partial charge in [-0.1, -0.05) is 0 Å². The molecule has 2 unspecified atom stereocenters. The second-order valence-corrected chi connectivity index (χ2v) is 9.08. The summed E-state index contributed by atoms with van der Waals surface area (Å²) < 4.78 is 29.7. The predicted molar refractivity (Wildman–Crippen MR) is 101 cm³/mol. The Bertz CT molecular complexity index is 755. The fourth-order valence-electron chi connectivity index (χ4n) is 3.59. The van der Waals surface area contributed by atoms with E-state index in [1.54, 1.807) is 7.11 Å². The molecule has 13 heteroatoms. The molecule has 4 atom stereocenters. The van der Waals surface area contributed by atoms with E-state index in [9.17, 15) is 0 Å². The topological polar surface area (TPSA) is 137 Å². The van der Waals surface area contributed by atoms with Crippen LogP contribution in [0.15, 0.2) is 6.33 Å². The van der Waals surface area contributed by atoms with Gasteiger partial charge in [-0.2, -0.15) is 0 Å². The van der Waals surface area contributed by atoms with Crippen LogP contribution in [0.1, 0.15) is 6.42 Å². The Hall–Kier alpha value is -1.74. The first-order valence-electron chi connectivity index (χ1n) is 8.68. The molecule has 0 spiro atoms. The second-order valence-electron chi connectivity index (χ2n) is 6.54. The van der Waals surface area contributed by atoms with Gasteiger partial charge in [0, 0.05) is 0 Å². The first-order chi connectivity index (χ1) is 13.1. The Morgan fingerprint density at radius 3 is 3.19 bits per heavy atom. The predicted octanol–water partition coefficient (Wildman–Crippen LogP) is -0.623. The molecule has 3 N–H and O–H groups in total. The SMILES string of the molecule is B[PH]1(OCCC#N)OC[C@H]2OC(N3CNc4c(N)ncnc43)C(OC)[C@@H]2O1. The molecule has 2 fully saturated rings. The Labute approximate surface area is 158 Å². The van der Waals surface area contributed by atoms with Crippen LogP contribution in [-0.4, -0.2) is 69.1 Å². The summed E-state index contributed by atoms with van der Waals surface area (Å²) in [6, 6.07) is 2.05. The molecule has 3 aliphatic rings. The molecule has 4 heterocycles. The van der Waals surface area contributed by atoms with Crippen LogP contribution >= 0.6 is 7.82 Å². The Morgan fingerprint density at radius 1 is 1.56 bits per heavy atom. The molecule has 146 valence electrons. The zero-order valence-electron chi connectivity index (χ0n) is 15.1. The summed E-state index contributed by atoms with van der Waals surface area (Å²) in [5.74, 6) is 1.05. The van der Waals surface area contributed by atoms with E-state index in [1.165, 1.54) is 6.33 Å². The van der Waals surface area contributed by atoms with Gasteiger partial charge in [0.25, 0.3) is 0 Å². The molecule has 0 radical (unpaired) electrons. The van der Waals surface area contributed by atoms with Crippen LogP contribution in [0, 0.1) is 11.3 Å². The number of hydrogen-bond donors (Lipinski definition) is 2. The molecule has 0 aromatic carbocycles. The number of nitrogens with zero attached hydrogens (tertiary/aromatic N) is 4. The van der Waals surface area contributed by atoms with Crippen molar-refractivity contribution in [2.75, 3.05) is 42.9 Å². The third-order valence-electron chi connectivity index (χ3n) is 4.86. The van der Waals surface area contributed by atoms with Crippen molar-refractivity contribution in [3.63, 3.8) is 0 Å². The third-order valence-corrected chi connectivity index (χ3v) is 6.98. The minimum atomic E-state index is -2.86. The number of rotatable bonds is 5. The van der Waals surface area contributed by atoms with E-state index in [2.05, 4.69) is 15.3 Å². The molecule has 0 saturated carbocycles. The fourth-order valence-corrected chi connectivity index (χ4v) is 5.52. The van der Waals surface area contributed by atoms with Gasteiger partial charge in [-0.3, -0.25) is 0 Å². The zero-order chi connectivity index (χ0) is 19.0. The minimum absolute atomic E-state index is 0.276. The average molecular weight is 396 g/mol. The molecule has 11 nitrogen and oxygen atoms in total. The third kappa shape index (κ3) is 3.31. The maximum atomic E-state index is 8.70. The van der Waals surface area contributed by atoms with Crippen LogP contribution in [0.4, 0.5) is 17.3 Å². The van der Waals surface area contributed by atoms with E-state index >= 15 is 0 Å². The molecule has 2 saturated heterocycles. The normalized spacial score (nSPS) is 32.2. The number of anilines is 3. The van der Waals surface area contributed by atoms with E-state index in [0.29, 0.717) is 30.6 Å². The monoisotopic (exact) mass is 396 g/mol. The number of methoxy groups -OCH3 is 1. The Kier molecular flexibility index (Phi) is 5.07. The van der Waals surface area contributed by atoms with Gasteiger partial charge in [0.1, 0.15) is 0 Å². The molecule has 3 aliphatic heterocycles. The summed E-state index contributed by atoms with van der Waals surface area (Å²) in [6.45, 7) is 1.09. The van der Waals surface area contributed by atoms with Gasteiger partial charge in [-0.15, -0.1) is 0 Å². The molecular weight excluding hydrogens is 374 g/mol. The van der Waals surface area contributed by atoms with Crippen LogP contribution in [0.25, 0.3) is 0 Å². The number of fused-ring (bicyclic) bond motifs is 2. The fraction of sp³-hybridized carbons (Fsp3) is 0.643.